The van der Waals surface area contributed by atoms with E-state index in [2.05, 4.69) is 0 Å². The van der Waals surface area contributed by atoms with Crippen LogP contribution in [0.5, 0.6) is 11.5 Å². The van der Waals surface area contributed by atoms with Crippen LogP contribution in [0.25, 0.3) is 6.08 Å². The van der Waals surface area contributed by atoms with Crippen LogP contribution in [0.1, 0.15) is 29.7 Å². The zero-order valence-electron chi connectivity index (χ0n) is 15.6. The van der Waals surface area contributed by atoms with Gasteiger partial charge in [0.25, 0.3) is 0 Å². The summed E-state index contributed by atoms with van der Waals surface area (Å²) < 4.78 is 44.6. The standard InChI is InChI=1S/C21H20F3NO4/c1-13-12-29-19(15-3-2-4-16(10-15)21(22,23)24)11-25(13)20(28)8-6-14-5-7-17(26)18(27)9-14/h2-10,13,19,26-27H,11-12H2,1H3/b8-6+. The van der Waals surface area contributed by atoms with Gasteiger partial charge in [-0.3, -0.25) is 4.79 Å². The second kappa shape index (κ2) is 8.16. The Morgan fingerprint density at radius 1 is 1.17 bits per heavy atom. The number of phenolic OH excluding ortho intramolecular Hbond substituents is 2. The minimum Gasteiger partial charge on any atom is -0.504 e. The Kier molecular flexibility index (Phi) is 5.83. The van der Waals surface area contributed by atoms with E-state index in [1.165, 1.54) is 41.3 Å². The number of halogens is 3. The number of hydrogen-bond acceptors (Lipinski definition) is 4. The SMILES string of the molecule is CC1COC(c2cccc(C(F)(F)F)c2)CN1C(=O)/C=C/c1ccc(O)c(O)c1. The fraction of sp³-hybridized carbons (Fsp3) is 0.286. The van der Waals surface area contributed by atoms with Gasteiger partial charge in [0.15, 0.2) is 11.5 Å². The second-order valence-corrected chi connectivity index (χ2v) is 6.87. The smallest absolute Gasteiger partial charge is 0.416 e. The number of rotatable bonds is 3. The van der Waals surface area contributed by atoms with Gasteiger partial charge >= 0.3 is 6.18 Å². The lowest BCUT2D eigenvalue weighted by atomic mass is 10.0. The molecule has 2 aromatic rings. The van der Waals surface area contributed by atoms with Crippen LogP contribution in [0.3, 0.4) is 0 Å². The van der Waals surface area contributed by atoms with E-state index < -0.39 is 17.8 Å². The fourth-order valence-corrected chi connectivity index (χ4v) is 3.09. The number of hydrogen-bond donors (Lipinski definition) is 2. The first-order valence-corrected chi connectivity index (χ1v) is 8.94. The van der Waals surface area contributed by atoms with Crippen molar-refractivity contribution in [3.05, 3.63) is 65.2 Å². The van der Waals surface area contributed by atoms with Crippen LogP contribution in [-0.4, -0.2) is 40.2 Å². The van der Waals surface area contributed by atoms with Crippen molar-refractivity contribution < 1.29 is 32.9 Å². The average molecular weight is 407 g/mol. The van der Waals surface area contributed by atoms with E-state index in [4.69, 9.17) is 4.74 Å². The van der Waals surface area contributed by atoms with Crippen LogP contribution in [0, 0.1) is 0 Å². The molecule has 2 N–H and O–H groups in total. The molecule has 1 aliphatic heterocycles. The van der Waals surface area contributed by atoms with Gasteiger partial charge in [-0.2, -0.15) is 13.2 Å². The van der Waals surface area contributed by atoms with Gasteiger partial charge in [0.1, 0.15) is 6.10 Å². The number of nitrogens with zero attached hydrogens (tertiary/aromatic N) is 1. The number of ether oxygens (including phenoxy) is 1. The summed E-state index contributed by atoms with van der Waals surface area (Å²) in [6.07, 6.45) is -2.31. The molecule has 2 atom stereocenters. The molecule has 1 saturated heterocycles. The largest absolute Gasteiger partial charge is 0.504 e. The van der Waals surface area contributed by atoms with Crippen molar-refractivity contribution >= 4 is 12.0 Å². The summed E-state index contributed by atoms with van der Waals surface area (Å²) in [6.45, 7) is 2.10. The zero-order chi connectivity index (χ0) is 21.2. The van der Waals surface area contributed by atoms with Gasteiger partial charge in [-0.15, -0.1) is 0 Å². The third-order valence-electron chi connectivity index (χ3n) is 4.72. The molecule has 1 amide bonds. The molecule has 8 heteroatoms. The number of morpholine rings is 1. The van der Waals surface area contributed by atoms with Gasteiger partial charge in [0.2, 0.25) is 5.91 Å². The van der Waals surface area contributed by atoms with E-state index in [0.717, 1.165) is 12.1 Å². The van der Waals surface area contributed by atoms with Crippen molar-refractivity contribution in [1.29, 1.82) is 0 Å². The fourth-order valence-electron chi connectivity index (χ4n) is 3.09. The Morgan fingerprint density at radius 3 is 2.62 bits per heavy atom. The van der Waals surface area contributed by atoms with Gasteiger partial charge < -0.3 is 19.8 Å². The van der Waals surface area contributed by atoms with Crippen LogP contribution in [0.2, 0.25) is 0 Å². The van der Waals surface area contributed by atoms with Crippen LogP contribution in [0.4, 0.5) is 13.2 Å². The van der Waals surface area contributed by atoms with Crippen molar-refractivity contribution in [3.63, 3.8) is 0 Å². The number of phenols is 2. The highest BCUT2D eigenvalue weighted by atomic mass is 19.4. The Morgan fingerprint density at radius 2 is 1.93 bits per heavy atom. The Balaban J connectivity index is 1.75. The highest BCUT2D eigenvalue weighted by Gasteiger charge is 2.33. The van der Waals surface area contributed by atoms with Crippen molar-refractivity contribution in [2.24, 2.45) is 0 Å². The molecule has 2 unspecified atom stereocenters. The monoisotopic (exact) mass is 407 g/mol. The maximum atomic E-state index is 13.0. The quantitative estimate of drug-likeness (QED) is 0.593. The van der Waals surface area contributed by atoms with E-state index >= 15 is 0 Å². The predicted octanol–water partition coefficient (Wildman–Crippen LogP) is 4.12. The second-order valence-electron chi connectivity index (χ2n) is 6.87. The lowest BCUT2D eigenvalue weighted by Crippen LogP contribution is -2.47. The van der Waals surface area contributed by atoms with Crippen molar-refractivity contribution in [1.82, 2.24) is 4.90 Å². The molecule has 0 bridgehead atoms. The first-order valence-electron chi connectivity index (χ1n) is 8.94. The summed E-state index contributed by atoms with van der Waals surface area (Å²) in [7, 11) is 0. The molecule has 1 aliphatic rings. The summed E-state index contributed by atoms with van der Waals surface area (Å²) in [6, 6.07) is 8.81. The average Bonchev–Trinajstić information content (AvgIpc) is 2.68. The minimum atomic E-state index is -4.45. The van der Waals surface area contributed by atoms with E-state index in [1.807, 2.05) is 0 Å². The predicted molar refractivity (Wildman–Crippen MR) is 100 cm³/mol. The number of carbonyl (C=O) groups is 1. The van der Waals surface area contributed by atoms with Crippen molar-refractivity contribution in [2.75, 3.05) is 13.2 Å². The lowest BCUT2D eigenvalue weighted by Gasteiger charge is -2.37. The van der Waals surface area contributed by atoms with E-state index in [1.54, 1.807) is 13.0 Å². The summed E-state index contributed by atoms with van der Waals surface area (Å²) in [5, 5.41) is 18.9. The molecule has 2 aromatic carbocycles. The van der Waals surface area contributed by atoms with Crippen LogP contribution in [0.15, 0.2) is 48.5 Å². The summed E-state index contributed by atoms with van der Waals surface area (Å²) >= 11 is 0. The van der Waals surface area contributed by atoms with Crippen LogP contribution < -0.4 is 0 Å². The molecular formula is C21H20F3NO4. The Labute approximate surface area is 165 Å². The van der Waals surface area contributed by atoms with Gasteiger partial charge in [-0.05, 0) is 48.4 Å². The van der Waals surface area contributed by atoms with Gasteiger partial charge in [0, 0.05) is 6.08 Å². The Bertz CT molecular complexity index is 926. The first-order chi connectivity index (χ1) is 13.6. The molecule has 1 fully saturated rings. The molecule has 0 aliphatic carbocycles. The summed E-state index contributed by atoms with van der Waals surface area (Å²) in [5.41, 5.74) is 0.114. The highest BCUT2D eigenvalue weighted by Crippen LogP contribution is 2.33. The Hall–Kier alpha value is -3.00. The normalized spacial score (nSPS) is 20.2. The molecule has 0 aromatic heterocycles. The van der Waals surface area contributed by atoms with E-state index in [0.29, 0.717) is 11.1 Å². The molecule has 29 heavy (non-hydrogen) atoms. The van der Waals surface area contributed by atoms with Crippen LogP contribution in [-0.2, 0) is 15.7 Å². The maximum absolute atomic E-state index is 13.0. The van der Waals surface area contributed by atoms with Crippen LogP contribution >= 0.6 is 0 Å². The number of amides is 1. The summed E-state index contributed by atoms with van der Waals surface area (Å²) in [4.78, 5) is 14.2. The van der Waals surface area contributed by atoms with Gasteiger partial charge in [-0.1, -0.05) is 18.2 Å². The van der Waals surface area contributed by atoms with Crippen molar-refractivity contribution in [2.45, 2.75) is 25.2 Å². The molecular weight excluding hydrogens is 387 g/mol. The molecule has 0 saturated carbocycles. The molecule has 0 radical (unpaired) electrons. The number of carbonyl (C=O) groups excluding carboxylic acids is 1. The van der Waals surface area contributed by atoms with Gasteiger partial charge in [0.05, 0.1) is 24.8 Å². The highest BCUT2D eigenvalue weighted by molar-refractivity contribution is 5.92. The maximum Gasteiger partial charge on any atom is 0.416 e. The summed E-state index contributed by atoms with van der Waals surface area (Å²) in [5.74, 6) is -0.895. The third kappa shape index (κ3) is 4.89. The molecule has 3 rings (SSSR count). The third-order valence-corrected chi connectivity index (χ3v) is 4.72. The van der Waals surface area contributed by atoms with Gasteiger partial charge in [-0.25, -0.2) is 0 Å². The van der Waals surface area contributed by atoms with E-state index in [-0.39, 0.29) is 36.6 Å². The number of alkyl halides is 3. The molecule has 5 nitrogen and oxygen atoms in total. The molecule has 154 valence electrons. The minimum absolute atomic E-state index is 0.118. The van der Waals surface area contributed by atoms with E-state index in [9.17, 15) is 28.2 Å². The number of aromatic hydroxyl groups is 2. The topological polar surface area (TPSA) is 70.0 Å². The number of benzene rings is 2. The molecule has 1 heterocycles. The van der Waals surface area contributed by atoms with Crippen molar-refractivity contribution in [3.8, 4) is 11.5 Å². The first kappa shape index (κ1) is 20.7. The lowest BCUT2D eigenvalue weighted by molar-refractivity contribution is -0.140. The zero-order valence-corrected chi connectivity index (χ0v) is 15.6. The molecule has 0 spiro atoms.